The Hall–Kier alpha value is -1.99. The Labute approximate surface area is 177 Å². The number of benzene rings is 1. The lowest BCUT2D eigenvalue weighted by atomic mass is 9.58. The predicted octanol–water partition coefficient (Wildman–Crippen LogP) is 2.88. The van der Waals surface area contributed by atoms with Gasteiger partial charge in [-0.05, 0) is 50.3 Å². The van der Waals surface area contributed by atoms with E-state index in [0.29, 0.717) is 34.8 Å². The largest absolute Gasteiger partial charge is 0.401 e. The first-order valence-corrected chi connectivity index (χ1v) is 9.50. The van der Waals surface area contributed by atoms with Crippen molar-refractivity contribution >= 4 is 46.3 Å². The zero-order chi connectivity index (χ0) is 20.9. The third-order valence-corrected chi connectivity index (χ3v) is 5.20. The van der Waals surface area contributed by atoms with E-state index < -0.39 is 17.2 Å². The first kappa shape index (κ1) is 20.3. The standard InChI is InChI=1S/C19H15B3ClFN4O/c1-8-9(2)26-18-16(25-8)15(12-4-3-11(23)6-13(12)24)27-17(28-18)10-5-14(20)29-19(21,22)7-10/h3-4,6,10,14H,5,7H2,1-2H3. The van der Waals surface area contributed by atoms with Crippen molar-refractivity contribution in [3.05, 3.63) is 46.3 Å². The van der Waals surface area contributed by atoms with Crippen molar-refractivity contribution in [1.82, 2.24) is 19.9 Å². The van der Waals surface area contributed by atoms with E-state index in [1.54, 1.807) is 12.1 Å². The summed E-state index contributed by atoms with van der Waals surface area (Å²) >= 11 is 5.91. The second-order valence-electron chi connectivity index (χ2n) is 7.37. The van der Waals surface area contributed by atoms with Gasteiger partial charge in [0.2, 0.25) is 0 Å². The highest BCUT2D eigenvalue weighted by atomic mass is 35.5. The molecular weight excluding hydrogens is 387 g/mol. The number of fused-ring (bicyclic) bond motifs is 1. The van der Waals surface area contributed by atoms with Crippen LogP contribution in [0.15, 0.2) is 18.2 Å². The summed E-state index contributed by atoms with van der Waals surface area (Å²) < 4.78 is 20.1. The van der Waals surface area contributed by atoms with Crippen LogP contribution in [0, 0.1) is 19.7 Å². The molecule has 2 unspecified atom stereocenters. The number of halogens is 2. The first-order valence-electron chi connectivity index (χ1n) is 9.12. The van der Waals surface area contributed by atoms with Crippen LogP contribution in [0.1, 0.15) is 36.0 Å². The van der Waals surface area contributed by atoms with Crippen molar-refractivity contribution in [2.24, 2.45) is 0 Å². The average Bonchev–Trinajstić information content (AvgIpc) is 2.60. The summed E-state index contributed by atoms with van der Waals surface area (Å²) in [5.74, 6) is -0.381. The molecule has 6 radical (unpaired) electrons. The van der Waals surface area contributed by atoms with Gasteiger partial charge in [0.25, 0.3) is 0 Å². The molecule has 2 aromatic heterocycles. The number of nitrogens with zero attached hydrogens (tertiary/aromatic N) is 4. The van der Waals surface area contributed by atoms with Gasteiger partial charge in [0.1, 0.15) is 30.7 Å². The molecular formula is C19H15B3ClFN4O. The second-order valence-corrected chi connectivity index (χ2v) is 7.81. The third-order valence-electron chi connectivity index (χ3n) is 4.96. The van der Waals surface area contributed by atoms with E-state index in [0.717, 1.165) is 5.69 Å². The maximum atomic E-state index is 14.7. The van der Waals surface area contributed by atoms with Gasteiger partial charge in [-0.3, -0.25) is 0 Å². The Kier molecular flexibility index (Phi) is 5.15. The Bertz CT molecular complexity index is 1110. The highest BCUT2D eigenvalue weighted by molar-refractivity contribution is 6.39. The molecule has 0 spiro atoms. The van der Waals surface area contributed by atoms with Gasteiger partial charge in [0.15, 0.2) is 5.65 Å². The van der Waals surface area contributed by atoms with Crippen molar-refractivity contribution in [2.45, 2.75) is 44.0 Å². The molecule has 1 aromatic carbocycles. The fourth-order valence-electron chi connectivity index (χ4n) is 3.50. The molecule has 1 aliphatic heterocycles. The lowest BCUT2D eigenvalue weighted by Gasteiger charge is -2.40. The summed E-state index contributed by atoms with van der Waals surface area (Å²) in [5.41, 5.74) is 2.78. The molecule has 0 N–H and O–H groups in total. The zero-order valence-electron chi connectivity index (χ0n) is 16.0. The van der Waals surface area contributed by atoms with E-state index in [2.05, 4.69) is 19.9 Å². The molecule has 4 rings (SSSR count). The van der Waals surface area contributed by atoms with Gasteiger partial charge in [0.05, 0.1) is 27.1 Å². The molecule has 3 aromatic rings. The van der Waals surface area contributed by atoms with E-state index in [1.807, 2.05) is 13.8 Å². The van der Waals surface area contributed by atoms with Gasteiger partial charge in [-0.1, -0.05) is 11.6 Å². The lowest BCUT2D eigenvalue weighted by Crippen LogP contribution is -2.45. The molecule has 10 heteroatoms. The highest BCUT2D eigenvalue weighted by Crippen LogP contribution is 2.36. The van der Waals surface area contributed by atoms with Gasteiger partial charge in [0, 0.05) is 22.5 Å². The molecule has 1 saturated heterocycles. The van der Waals surface area contributed by atoms with Crippen LogP contribution < -0.4 is 0 Å². The topological polar surface area (TPSA) is 60.8 Å². The van der Waals surface area contributed by atoms with Gasteiger partial charge in [-0.25, -0.2) is 24.3 Å². The minimum absolute atomic E-state index is 0.253. The SMILES string of the molecule is [B]C1CC(c2nc(-c3ccc(Cl)cc3F)c3nc(C)c(C)nc3n2)CC([B])([B])O1. The number of hydrogen-bond donors (Lipinski definition) is 0. The molecule has 1 fully saturated rings. The van der Waals surface area contributed by atoms with Gasteiger partial charge < -0.3 is 4.74 Å². The summed E-state index contributed by atoms with van der Waals surface area (Å²) in [6.07, 6.45) is 0.676. The zero-order valence-corrected chi connectivity index (χ0v) is 16.7. The van der Waals surface area contributed by atoms with E-state index in [-0.39, 0.29) is 22.9 Å². The summed E-state index contributed by atoms with van der Waals surface area (Å²) in [5, 5.41) is -1.12. The summed E-state index contributed by atoms with van der Waals surface area (Å²) in [4.78, 5) is 18.3. The third kappa shape index (κ3) is 4.03. The van der Waals surface area contributed by atoms with Crippen LogP contribution >= 0.6 is 11.6 Å². The fraction of sp³-hybridized carbons (Fsp3) is 0.368. The summed E-state index contributed by atoms with van der Waals surface area (Å²) in [6, 6.07) is 3.72. The lowest BCUT2D eigenvalue weighted by molar-refractivity contribution is 0.00134. The van der Waals surface area contributed by atoms with Crippen LogP contribution in [-0.4, -0.2) is 54.9 Å². The summed E-state index contributed by atoms with van der Waals surface area (Å²) in [7, 11) is 17.9. The van der Waals surface area contributed by atoms with Gasteiger partial charge in [-0.15, -0.1) is 0 Å². The van der Waals surface area contributed by atoms with E-state index in [4.69, 9.17) is 39.9 Å². The van der Waals surface area contributed by atoms with Crippen LogP contribution in [0.4, 0.5) is 4.39 Å². The normalized spacial score (nSPS) is 21.4. The molecule has 0 aliphatic carbocycles. The van der Waals surface area contributed by atoms with Crippen molar-refractivity contribution in [1.29, 1.82) is 0 Å². The molecule has 5 nitrogen and oxygen atoms in total. The maximum absolute atomic E-state index is 14.7. The maximum Gasteiger partial charge on any atom is 0.182 e. The number of rotatable bonds is 2. The van der Waals surface area contributed by atoms with E-state index >= 15 is 0 Å². The number of aryl methyl sites for hydroxylation is 2. The van der Waals surface area contributed by atoms with Gasteiger partial charge in [-0.2, -0.15) is 0 Å². The van der Waals surface area contributed by atoms with Crippen molar-refractivity contribution < 1.29 is 9.13 Å². The smallest absolute Gasteiger partial charge is 0.182 e. The molecule has 2 atom stereocenters. The van der Waals surface area contributed by atoms with E-state index in [1.165, 1.54) is 6.07 Å². The second kappa shape index (κ2) is 7.36. The monoisotopic (exact) mass is 402 g/mol. The minimum Gasteiger partial charge on any atom is -0.401 e. The molecule has 3 heterocycles. The highest BCUT2D eigenvalue weighted by Gasteiger charge is 2.34. The molecule has 29 heavy (non-hydrogen) atoms. The van der Waals surface area contributed by atoms with Crippen LogP contribution in [0.3, 0.4) is 0 Å². The van der Waals surface area contributed by atoms with Crippen LogP contribution in [0.2, 0.25) is 5.02 Å². The van der Waals surface area contributed by atoms with E-state index in [9.17, 15) is 4.39 Å². The fourth-order valence-corrected chi connectivity index (χ4v) is 3.66. The van der Waals surface area contributed by atoms with Crippen LogP contribution in [-0.2, 0) is 4.74 Å². The van der Waals surface area contributed by atoms with Crippen LogP contribution in [0.25, 0.3) is 22.4 Å². The number of ether oxygens (including phenoxy) is 1. The average molecular weight is 402 g/mol. The molecule has 0 saturated carbocycles. The van der Waals surface area contributed by atoms with Crippen LogP contribution in [0.5, 0.6) is 0 Å². The predicted molar refractivity (Wildman–Crippen MR) is 112 cm³/mol. The Morgan fingerprint density at radius 1 is 1.14 bits per heavy atom. The number of aromatic nitrogens is 4. The van der Waals surface area contributed by atoms with Gasteiger partial charge >= 0.3 is 0 Å². The summed E-state index contributed by atoms with van der Waals surface area (Å²) in [6.45, 7) is 3.66. The van der Waals surface area contributed by atoms with Crippen molar-refractivity contribution in [3.63, 3.8) is 0 Å². The molecule has 0 bridgehead atoms. The Balaban J connectivity index is 1.94. The van der Waals surface area contributed by atoms with Crippen molar-refractivity contribution in [3.8, 4) is 11.3 Å². The van der Waals surface area contributed by atoms with Crippen molar-refractivity contribution in [2.75, 3.05) is 0 Å². The molecule has 1 aliphatic rings. The quantitative estimate of drug-likeness (QED) is 0.617. The minimum atomic E-state index is -1.40. The Morgan fingerprint density at radius 3 is 2.55 bits per heavy atom. The molecule has 140 valence electrons. The Morgan fingerprint density at radius 2 is 1.86 bits per heavy atom. The first-order chi connectivity index (χ1) is 13.6. The number of hydrogen-bond acceptors (Lipinski definition) is 5. The molecule has 0 amide bonds.